The van der Waals surface area contributed by atoms with E-state index in [0.29, 0.717) is 5.91 Å². The SMILES string of the molecule is CN1CCN(C(=O)C2CCC2)CC1c1ccc(F)cc1. The highest BCUT2D eigenvalue weighted by atomic mass is 19.1. The molecule has 1 heterocycles. The van der Waals surface area contributed by atoms with Crippen LogP contribution in [0.1, 0.15) is 30.9 Å². The average molecular weight is 276 g/mol. The van der Waals surface area contributed by atoms with Gasteiger partial charge in [0.1, 0.15) is 5.82 Å². The molecule has 0 bridgehead atoms. The van der Waals surface area contributed by atoms with Gasteiger partial charge in [-0.15, -0.1) is 0 Å². The molecule has 0 aromatic heterocycles. The van der Waals surface area contributed by atoms with Crippen LogP contribution in [0.25, 0.3) is 0 Å². The van der Waals surface area contributed by atoms with Crippen LogP contribution in [0.4, 0.5) is 4.39 Å². The molecule has 1 atom stereocenters. The largest absolute Gasteiger partial charge is 0.339 e. The van der Waals surface area contributed by atoms with E-state index < -0.39 is 0 Å². The Morgan fingerprint density at radius 2 is 1.90 bits per heavy atom. The topological polar surface area (TPSA) is 23.6 Å². The molecule has 1 saturated heterocycles. The number of nitrogens with zero attached hydrogens (tertiary/aromatic N) is 2. The first-order valence-corrected chi connectivity index (χ1v) is 7.39. The molecule has 4 heteroatoms. The molecule has 3 rings (SSSR count). The van der Waals surface area contributed by atoms with E-state index in [9.17, 15) is 9.18 Å². The second kappa shape index (κ2) is 5.52. The highest BCUT2D eigenvalue weighted by molar-refractivity contribution is 5.79. The van der Waals surface area contributed by atoms with Gasteiger partial charge in [0.25, 0.3) is 0 Å². The lowest BCUT2D eigenvalue weighted by Crippen LogP contribution is -2.51. The molecule has 2 fully saturated rings. The van der Waals surface area contributed by atoms with E-state index in [0.717, 1.165) is 38.0 Å². The van der Waals surface area contributed by atoms with Gasteiger partial charge in [-0.05, 0) is 37.6 Å². The van der Waals surface area contributed by atoms with Crippen LogP contribution < -0.4 is 0 Å². The minimum absolute atomic E-state index is 0.174. The van der Waals surface area contributed by atoms with E-state index in [4.69, 9.17) is 0 Å². The third kappa shape index (κ3) is 2.57. The first-order valence-electron chi connectivity index (χ1n) is 7.39. The second-order valence-electron chi connectivity index (χ2n) is 5.96. The molecule has 20 heavy (non-hydrogen) atoms. The van der Waals surface area contributed by atoms with E-state index in [1.54, 1.807) is 0 Å². The van der Waals surface area contributed by atoms with E-state index in [1.165, 1.54) is 18.6 Å². The molecule has 1 aliphatic carbocycles. The van der Waals surface area contributed by atoms with Gasteiger partial charge in [0.2, 0.25) is 5.91 Å². The molecule has 1 saturated carbocycles. The highest BCUT2D eigenvalue weighted by Gasteiger charge is 2.34. The standard InChI is InChI=1S/C16H21FN2O/c1-18-9-10-19(16(20)13-3-2-4-13)11-15(18)12-5-7-14(17)8-6-12/h5-8,13,15H,2-4,9-11H2,1H3. The number of hydrogen-bond acceptors (Lipinski definition) is 2. The van der Waals surface area contributed by atoms with Crippen LogP contribution in [0.2, 0.25) is 0 Å². The third-order valence-electron chi connectivity index (χ3n) is 4.67. The van der Waals surface area contributed by atoms with Crippen LogP contribution in [0.3, 0.4) is 0 Å². The zero-order chi connectivity index (χ0) is 14.1. The number of benzene rings is 1. The summed E-state index contributed by atoms with van der Waals surface area (Å²) in [5, 5.41) is 0. The van der Waals surface area contributed by atoms with E-state index in [1.807, 2.05) is 17.0 Å². The lowest BCUT2D eigenvalue weighted by atomic mass is 9.84. The fourth-order valence-electron chi connectivity index (χ4n) is 3.03. The summed E-state index contributed by atoms with van der Waals surface area (Å²) in [6.45, 7) is 2.40. The molecule has 1 unspecified atom stereocenters. The monoisotopic (exact) mass is 276 g/mol. The number of carbonyl (C=O) groups excluding carboxylic acids is 1. The Balaban J connectivity index is 1.72. The zero-order valence-electron chi connectivity index (χ0n) is 11.9. The van der Waals surface area contributed by atoms with Gasteiger partial charge >= 0.3 is 0 Å². The molecule has 108 valence electrons. The molecule has 0 spiro atoms. The van der Waals surface area contributed by atoms with Crippen molar-refractivity contribution in [3.05, 3.63) is 35.6 Å². The number of hydrogen-bond donors (Lipinski definition) is 0. The maximum Gasteiger partial charge on any atom is 0.225 e. The van der Waals surface area contributed by atoms with Crippen molar-refractivity contribution in [3.63, 3.8) is 0 Å². The van der Waals surface area contributed by atoms with Gasteiger partial charge in [-0.1, -0.05) is 18.6 Å². The van der Waals surface area contributed by atoms with E-state index in [-0.39, 0.29) is 17.8 Å². The van der Waals surface area contributed by atoms with E-state index in [2.05, 4.69) is 11.9 Å². The number of carbonyl (C=O) groups is 1. The number of amides is 1. The number of piperazine rings is 1. The molecule has 3 nitrogen and oxygen atoms in total. The molecule has 0 N–H and O–H groups in total. The first-order chi connectivity index (χ1) is 9.65. The van der Waals surface area contributed by atoms with Gasteiger partial charge in [0, 0.05) is 25.6 Å². The van der Waals surface area contributed by atoms with Crippen molar-refractivity contribution in [1.29, 1.82) is 0 Å². The summed E-state index contributed by atoms with van der Waals surface area (Å²) in [5.74, 6) is 0.360. The smallest absolute Gasteiger partial charge is 0.225 e. The molecule has 1 aliphatic heterocycles. The summed E-state index contributed by atoms with van der Waals surface area (Å²) in [7, 11) is 2.07. The average Bonchev–Trinajstić information content (AvgIpc) is 2.38. The van der Waals surface area contributed by atoms with Crippen molar-refractivity contribution in [1.82, 2.24) is 9.80 Å². The van der Waals surface area contributed by atoms with E-state index >= 15 is 0 Å². The maximum absolute atomic E-state index is 13.0. The van der Waals surface area contributed by atoms with Crippen LogP contribution in [-0.4, -0.2) is 42.4 Å². The fraction of sp³-hybridized carbons (Fsp3) is 0.562. The van der Waals surface area contributed by atoms with Gasteiger partial charge in [0.05, 0.1) is 6.04 Å². The molecule has 1 aromatic rings. The molecule has 1 aromatic carbocycles. The summed E-state index contributed by atoms with van der Waals surface area (Å²) >= 11 is 0. The zero-order valence-corrected chi connectivity index (χ0v) is 11.9. The highest BCUT2D eigenvalue weighted by Crippen LogP contribution is 2.31. The Labute approximate surface area is 119 Å². The van der Waals surface area contributed by atoms with Crippen molar-refractivity contribution < 1.29 is 9.18 Å². The first kappa shape index (κ1) is 13.6. The van der Waals surface area contributed by atoms with Crippen molar-refractivity contribution in [2.75, 3.05) is 26.7 Å². The lowest BCUT2D eigenvalue weighted by molar-refractivity contribution is -0.141. The Kier molecular flexibility index (Phi) is 3.74. The van der Waals surface area contributed by atoms with Crippen molar-refractivity contribution in [2.24, 2.45) is 5.92 Å². The number of halogens is 1. The molecule has 0 radical (unpaired) electrons. The van der Waals surface area contributed by atoms with Crippen LogP contribution >= 0.6 is 0 Å². The molecule has 2 aliphatic rings. The lowest BCUT2D eigenvalue weighted by Gasteiger charge is -2.42. The molecular formula is C16H21FN2O. The summed E-state index contributed by atoms with van der Waals surface area (Å²) in [5.41, 5.74) is 1.08. The van der Waals surface area contributed by atoms with Crippen LogP contribution in [-0.2, 0) is 4.79 Å². The predicted octanol–water partition coefficient (Wildman–Crippen LogP) is 2.44. The summed E-state index contributed by atoms with van der Waals surface area (Å²) in [6.07, 6.45) is 3.28. The van der Waals surface area contributed by atoms with Crippen molar-refractivity contribution in [2.45, 2.75) is 25.3 Å². The van der Waals surface area contributed by atoms with Gasteiger partial charge in [-0.3, -0.25) is 9.69 Å². The predicted molar refractivity (Wildman–Crippen MR) is 75.7 cm³/mol. The molecular weight excluding hydrogens is 255 g/mol. The third-order valence-corrected chi connectivity index (χ3v) is 4.67. The minimum Gasteiger partial charge on any atom is -0.339 e. The van der Waals surface area contributed by atoms with Crippen molar-refractivity contribution in [3.8, 4) is 0 Å². The fourth-order valence-corrected chi connectivity index (χ4v) is 3.03. The quantitative estimate of drug-likeness (QED) is 0.828. The number of rotatable bonds is 2. The van der Waals surface area contributed by atoms with Crippen LogP contribution in [0, 0.1) is 11.7 Å². The molecule has 1 amide bonds. The van der Waals surface area contributed by atoms with Gasteiger partial charge in [-0.2, -0.15) is 0 Å². The normalized spacial score (nSPS) is 24.5. The van der Waals surface area contributed by atoms with Gasteiger partial charge < -0.3 is 4.90 Å². The number of likely N-dealkylation sites (N-methyl/N-ethyl adjacent to an activating group) is 1. The van der Waals surface area contributed by atoms with Gasteiger partial charge in [-0.25, -0.2) is 4.39 Å². The minimum atomic E-state index is -0.213. The maximum atomic E-state index is 13.0. The Morgan fingerprint density at radius 1 is 1.20 bits per heavy atom. The van der Waals surface area contributed by atoms with Crippen LogP contribution in [0.5, 0.6) is 0 Å². The Hall–Kier alpha value is -1.42. The van der Waals surface area contributed by atoms with Gasteiger partial charge in [0.15, 0.2) is 0 Å². The summed E-state index contributed by atoms with van der Waals surface area (Å²) in [6, 6.07) is 6.82. The Bertz CT molecular complexity index is 484. The Morgan fingerprint density at radius 3 is 2.50 bits per heavy atom. The second-order valence-corrected chi connectivity index (χ2v) is 5.96. The summed E-state index contributed by atoms with van der Waals surface area (Å²) in [4.78, 5) is 16.6. The summed E-state index contributed by atoms with van der Waals surface area (Å²) < 4.78 is 13.0. The van der Waals surface area contributed by atoms with Crippen molar-refractivity contribution >= 4 is 5.91 Å². The van der Waals surface area contributed by atoms with Crippen LogP contribution in [0.15, 0.2) is 24.3 Å².